The Bertz CT molecular complexity index is 984. The van der Waals surface area contributed by atoms with Gasteiger partial charge in [0, 0.05) is 13.0 Å². The van der Waals surface area contributed by atoms with Crippen molar-refractivity contribution >= 4 is 5.91 Å². The minimum atomic E-state index is 0.102. The molecule has 1 aliphatic heterocycles. The van der Waals surface area contributed by atoms with Crippen LogP contribution in [0.3, 0.4) is 0 Å². The van der Waals surface area contributed by atoms with Crippen molar-refractivity contribution in [2.45, 2.75) is 38.8 Å². The first-order valence-corrected chi connectivity index (χ1v) is 10.0. The second-order valence-electron chi connectivity index (χ2n) is 7.54. The number of nitrogens with zero attached hydrogens (tertiary/aromatic N) is 4. The minimum Gasteiger partial charge on any atom is -0.497 e. The molecule has 0 radical (unpaired) electrons. The summed E-state index contributed by atoms with van der Waals surface area (Å²) in [6, 6.07) is 18.2. The maximum Gasteiger partial charge on any atom is 0.227 e. The fraction of sp³-hybridized carbons (Fsp3) is 0.348. The lowest BCUT2D eigenvalue weighted by Gasteiger charge is -2.32. The summed E-state index contributed by atoms with van der Waals surface area (Å²) in [5.41, 5.74) is 2.25. The maximum absolute atomic E-state index is 12.9. The summed E-state index contributed by atoms with van der Waals surface area (Å²) in [6.45, 7) is 3.31. The number of carbonyl (C=O) groups is 1. The molecule has 0 saturated carbocycles. The summed E-state index contributed by atoms with van der Waals surface area (Å²) in [5, 5.41) is 8.81. The van der Waals surface area contributed by atoms with E-state index in [4.69, 9.17) is 4.74 Å². The van der Waals surface area contributed by atoms with Crippen LogP contribution in [0, 0.1) is 0 Å². The van der Waals surface area contributed by atoms with E-state index in [0.29, 0.717) is 19.5 Å². The van der Waals surface area contributed by atoms with Gasteiger partial charge in [0.1, 0.15) is 11.6 Å². The van der Waals surface area contributed by atoms with Crippen LogP contribution in [0.1, 0.15) is 35.7 Å². The largest absolute Gasteiger partial charge is 0.497 e. The third-order valence-corrected chi connectivity index (χ3v) is 5.42. The number of hydrogen-bond acceptors (Lipinski definition) is 4. The zero-order valence-electron chi connectivity index (χ0n) is 16.9. The number of aromatic nitrogens is 3. The van der Waals surface area contributed by atoms with Crippen molar-refractivity contribution in [2.75, 3.05) is 13.7 Å². The number of carbonyl (C=O) groups excluding carboxylic acids is 1. The second-order valence-corrected chi connectivity index (χ2v) is 7.54. The van der Waals surface area contributed by atoms with Crippen molar-refractivity contribution in [2.24, 2.45) is 0 Å². The minimum absolute atomic E-state index is 0.102. The quantitative estimate of drug-likeness (QED) is 0.648. The number of fused-ring (bicyclic) bond motifs is 1. The van der Waals surface area contributed by atoms with Crippen LogP contribution < -0.4 is 4.74 Å². The van der Waals surface area contributed by atoms with Gasteiger partial charge in [-0.2, -0.15) is 0 Å². The van der Waals surface area contributed by atoms with Crippen molar-refractivity contribution in [3.63, 3.8) is 0 Å². The molecular formula is C23H26N4O2. The first-order chi connectivity index (χ1) is 14.1. The normalized spacial score (nSPS) is 15.8. The van der Waals surface area contributed by atoms with Gasteiger partial charge in [0.2, 0.25) is 5.91 Å². The Balaban J connectivity index is 1.43. The molecule has 6 heteroatoms. The molecule has 6 nitrogen and oxygen atoms in total. The predicted molar refractivity (Wildman–Crippen MR) is 111 cm³/mol. The number of aryl methyl sites for hydroxylation is 2. The SMILES string of the molecule is COc1cccc(CC(=O)N2Cc3nnc(CCc4ccccc4)n3[C@@H](C)C2)c1. The lowest BCUT2D eigenvalue weighted by atomic mass is 10.1. The molecule has 2 aromatic carbocycles. The molecule has 0 spiro atoms. The van der Waals surface area contributed by atoms with E-state index in [1.165, 1.54) is 5.56 Å². The first-order valence-electron chi connectivity index (χ1n) is 10.0. The van der Waals surface area contributed by atoms with Gasteiger partial charge in [-0.15, -0.1) is 10.2 Å². The fourth-order valence-corrected chi connectivity index (χ4v) is 3.94. The number of amides is 1. The average Bonchev–Trinajstić information content (AvgIpc) is 3.16. The summed E-state index contributed by atoms with van der Waals surface area (Å²) >= 11 is 0. The smallest absolute Gasteiger partial charge is 0.227 e. The van der Waals surface area contributed by atoms with Crippen LogP contribution in [0.2, 0.25) is 0 Å². The molecule has 1 aromatic heterocycles. The summed E-state index contributed by atoms with van der Waals surface area (Å²) in [6.07, 6.45) is 2.14. The number of methoxy groups -OCH3 is 1. The fourth-order valence-electron chi connectivity index (χ4n) is 3.94. The molecule has 0 N–H and O–H groups in total. The van der Waals surface area contributed by atoms with Crippen LogP contribution in [-0.2, 0) is 30.6 Å². The van der Waals surface area contributed by atoms with E-state index in [-0.39, 0.29) is 11.9 Å². The summed E-state index contributed by atoms with van der Waals surface area (Å²) < 4.78 is 7.46. The maximum atomic E-state index is 12.9. The van der Waals surface area contributed by atoms with E-state index < -0.39 is 0 Å². The van der Waals surface area contributed by atoms with Gasteiger partial charge in [0.15, 0.2) is 5.82 Å². The van der Waals surface area contributed by atoms with E-state index >= 15 is 0 Å². The standard InChI is InChI=1S/C23H26N4O2/c1-17-15-26(23(28)14-19-9-6-10-20(13-19)29-2)16-22-25-24-21(27(17)22)12-11-18-7-4-3-5-8-18/h3-10,13,17H,11-12,14-16H2,1-2H3/t17-/m0/s1. The Morgan fingerprint density at radius 2 is 1.86 bits per heavy atom. The number of rotatable bonds is 6. The molecule has 0 saturated heterocycles. The third kappa shape index (κ3) is 4.31. The lowest BCUT2D eigenvalue weighted by molar-refractivity contribution is -0.132. The van der Waals surface area contributed by atoms with E-state index in [9.17, 15) is 4.79 Å². The van der Waals surface area contributed by atoms with Crippen LogP contribution in [0.15, 0.2) is 54.6 Å². The van der Waals surface area contributed by atoms with E-state index in [1.54, 1.807) is 7.11 Å². The van der Waals surface area contributed by atoms with Gasteiger partial charge in [-0.1, -0.05) is 42.5 Å². The van der Waals surface area contributed by atoms with Crippen LogP contribution in [0.4, 0.5) is 0 Å². The number of ether oxygens (including phenoxy) is 1. The van der Waals surface area contributed by atoms with Gasteiger partial charge in [-0.25, -0.2) is 0 Å². The molecule has 0 fully saturated rings. The molecule has 1 atom stereocenters. The van der Waals surface area contributed by atoms with Gasteiger partial charge in [0.25, 0.3) is 0 Å². The summed E-state index contributed by atoms with van der Waals surface area (Å²) in [4.78, 5) is 14.8. The highest BCUT2D eigenvalue weighted by atomic mass is 16.5. The van der Waals surface area contributed by atoms with Crippen molar-refractivity contribution in [1.82, 2.24) is 19.7 Å². The highest BCUT2D eigenvalue weighted by Gasteiger charge is 2.29. The Morgan fingerprint density at radius 1 is 1.07 bits per heavy atom. The molecule has 0 aliphatic carbocycles. The van der Waals surface area contributed by atoms with Crippen LogP contribution >= 0.6 is 0 Å². The first kappa shape index (κ1) is 19.2. The molecule has 1 amide bonds. The predicted octanol–water partition coefficient (Wildman–Crippen LogP) is 3.22. The molecule has 150 valence electrons. The zero-order chi connectivity index (χ0) is 20.2. The Kier molecular flexibility index (Phi) is 5.60. The van der Waals surface area contributed by atoms with Crippen LogP contribution in [-0.4, -0.2) is 39.2 Å². The van der Waals surface area contributed by atoms with Crippen molar-refractivity contribution in [1.29, 1.82) is 0 Å². The monoisotopic (exact) mass is 390 g/mol. The van der Waals surface area contributed by atoms with Crippen LogP contribution in [0.5, 0.6) is 5.75 Å². The van der Waals surface area contributed by atoms with E-state index in [0.717, 1.165) is 35.8 Å². The second kappa shape index (κ2) is 8.47. The van der Waals surface area contributed by atoms with Crippen LogP contribution in [0.25, 0.3) is 0 Å². The summed E-state index contributed by atoms with van der Waals surface area (Å²) in [5.74, 6) is 2.73. The average molecular weight is 390 g/mol. The van der Waals surface area contributed by atoms with E-state index in [1.807, 2.05) is 35.2 Å². The molecule has 2 heterocycles. The Hall–Kier alpha value is -3.15. The topological polar surface area (TPSA) is 60.2 Å². The molecule has 29 heavy (non-hydrogen) atoms. The van der Waals surface area contributed by atoms with Gasteiger partial charge in [-0.05, 0) is 36.6 Å². The highest BCUT2D eigenvalue weighted by Crippen LogP contribution is 2.23. The number of hydrogen-bond donors (Lipinski definition) is 0. The molecule has 0 bridgehead atoms. The zero-order valence-corrected chi connectivity index (χ0v) is 16.9. The van der Waals surface area contributed by atoms with Gasteiger partial charge in [0.05, 0.1) is 26.1 Å². The highest BCUT2D eigenvalue weighted by molar-refractivity contribution is 5.79. The molecule has 4 rings (SSSR count). The van der Waals surface area contributed by atoms with Crippen molar-refractivity contribution in [3.05, 3.63) is 77.4 Å². The Morgan fingerprint density at radius 3 is 2.66 bits per heavy atom. The molecule has 0 unspecified atom stereocenters. The van der Waals surface area contributed by atoms with Crippen molar-refractivity contribution < 1.29 is 9.53 Å². The number of benzene rings is 2. The van der Waals surface area contributed by atoms with E-state index in [2.05, 4.69) is 46.0 Å². The Labute approximate surface area is 171 Å². The molecule has 1 aliphatic rings. The van der Waals surface area contributed by atoms with Gasteiger partial charge >= 0.3 is 0 Å². The van der Waals surface area contributed by atoms with Crippen molar-refractivity contribution in [3.8, 4) is 5.75 Å². The molecular weight excluding hydrogens is 364 g/mol. The molecule has 3 aromatic rings. The third-order valence-electron chi connectivity index (χ3n) is 5.42. The van der Waals surface area contributed by atoms with Gasteiger partial charge in [-0.3, -0.25) is 4.79 Å². The van der Waals surface area contributed by atoms with Gasteiger partial charge < -0.3 is 14.2 Å². The lowest BCUT2D eigenvalue weighted by Crippen LogP contribution is -2.41. The summed E-state index contributed by atoms with van der Waals surface area (Å²) in [7, 11) is 1.63.